The minimum atomic E-state index is -0.609. The van der Waals surface area contributed by atoms with Crippen LogP contribution < -0.4 is 16.0 Å². The maximum atomic E-state index is 11.9. The molecule has 3 amide bonds. The molecule has 0 aliphatic carbocycles. The molecule has 2 rings (SSSR count). The van der Waals surface area contributed by atoms with E-state index in [0.717, 1.165) is 0 Å². The van der Waals surface area contributed by atoms with Crippen LogP contribution in [0.4, 0.5) is 10.5 Å². The molecule has 5 nitrogen and oxygen atoms in total. The molecule has 3 N–H and O–H groups in total. The van der Waals surface area contributed by atoms with Gasteiger partial charge in [-0.1, -0.05) is 41.4 Å². The van der Waals surface area contributed by atoms with E-state index < -0.39 is 11.9 Å². The second-order valence-electron chi connectivity index (χ2n) is 4.36. The first-order chi connectivity index (χ1) is 11.0. The highest BCUT2D eigenvalue weighted by Gasteiger charge is 2.10. The lowest BCUT2D eigenvalue weighted by Gasteiger charge is -2.10. The molecule has 0 aliphatic rings. The van der Waals surface area contributed by atoms with Gasteiger partial charge in [-0.2, -0.15) is 0 Å². The van der Waals surface area contributed by atoms with E-state index in [4.69, 9.17) is 35.4 Å². The standard InChI is InChI=1S/C15H11Cl2N3O2S/c16-11-7-6-10(8-12(11)17)18-14(22)20-15(23)19-13(21)9-4-2-1-3-5-9/h1-8H,(H3,18,19,20,21,22,23). The monoisotopic (exact) mass is 367 g/mol. The van der Waals surface area contributed by atoms with Gasteiger partial charge in [0.15, 0.2) is 5.11 Å². The third-order valence-corrected chi connectivity index (χ3v) is 3.61. The van der Waals surface area contributed by atoms with Crippen LogP contribution in [0.25, 0.3) is 0 Å². The first kappa shape index (κ1) is 17.2. The molecule has 8 heteroatoms. The molecule has 0 aliphatic heterocycles. The number of anilines is 1. The summed E-state index contributed by atoms with van der Waals surface area (Å²) in [5.74, 6) is -0.412. The number of carbonyl (C=O) groups is 2. The molecule has 0 saturated carbocycles. The Morgan fingerprint density at radius 2 is 1.61 bits per heavy atom. The maximum absolute atomic E-state index is 11.9. The summed E-state index contributed by atoms with van der Waals surface area (Å²) < 4.78 is 0. The van der Waals surface area contributed by atoms with E-state index >= 15 is 0 Å². The summed E-state index contributed by atoms with van der Waals surface area (Å²) in [5.41, 5.74) is 0.871. The van der Waals surface area contributed by atoms with Crippen molar-refractivity contribution in [1.82, 2.24) is 10.6 Å². The summed E-state index contributed by atoms with van der Waals surface area (Å²) in [6.45, 7) is 0. The number of nitrogens with one attached hydrogen (secondary N) is 3. The lowest BCUT2D eigenvalue weighted by Crippen LogP contribution is -2.44. The minimum absolute atomic E-state index is 0.114. The normalized spacial score (nSPS) is 9.83. The molecule has 118 valence electrons. The predicted molar refractivity (Wildman–Crippen MR) is 95.1 cm³/mol. The van der Waals surface area contributed by atoms with Gasteiger partial charge in [-0.3, -0.25) is 15.4 Å². The molecule has 0 heterocycles. The van der Waals surface area contributed by atoms with E-state index in [-0.39, 0.29) is 5.11 Å². The van der Waals surface area contributed by atoms with Gasteiger partial charge in [0.05, 0.1) is 10.0 Å². The summed E-state index contributed by atoms with van der Waals surface area (Å²) in [4.78, 5) is 23.7. The SMILES string of the molecule is O=C(NC(=S)NC(=O)c1ccccc1)Nc1ccc(Cl)c(Cl)c1. The summed E-state index contributed by atoms with van der Waals surface area (Å²) in [5, 5.41) is 7.84. The van der Waals surface area contributed by atoms with E-state index in [9.17, 15) is 9.59 Å². The van der Waals surface area contributed by atoms with Crippen molar-refractivity contribution in [1.29, 1.82) is 0 Å². The van der Waals surface area contributed by atoms with Crippen LogP contribution in [0, 0.1) is 0 Å². The number of carbonyl (C=O) groups excluding carboxylic acids is 2. The highest BCUT2D eigenvalue weighted by atomic mass is 35.5. The second kappa shape index (κ2) is 7.92. The average molecular weight is 368 g/mol. The molecule has 0 spiro atoms. The number of hydrogen-bond acceptors (Lipinski definition) is 3. The fraction of sp³-hybridized carbons (Fsp3) is 0. The topological polar surface area (TPSA) is 70.2 Å². The molecule has 0 fully saturated rings. The predicted octanol–water partition coefficient (Wildman–Crippen LogP) is 3.83. The van der Waals surface area contributed by atoms with Gasteiger partial charge in [0.1, 0.15) is 0 Å². The Morgan fingerprint density at radius 1 is 0.913 bits per heavy atom. The van der Waals surface area contributed by atoms with Crippen molar-refractivity contribution < 1.29 is 9.59 Å². The molecule has 0 saturated heterocycles. The van der Waals surface area contributed by atoms with Crippen LogP contribution in [0.2, 0.25) is 10.0 Å². The molecule has 0 radical (unpaired) electrons. The van der Waals surface area contributed by atoms with Crippen LogP contribution in [0.3, 0.4) is 0 Å². The van der Waals surface area contributed by atoms with Crippen molar-refractivity contribution in [3.8, 4) is 0 Å². The Bertz CT molecular complexity index is 754. The van der Waals surface area contributed by atoms with Crippen molar-refractivity contribution in [2.24, 2.45) is 0 Å². The Balaban J connectivity index is 1.88. The largest absolute Gasteiger partial charge is 0.325 e. The number of rotatable bonds is 2. The minimum Gasteiger partial charge on any atom is -0.308 e. The fourth-order valence-electron chi connectivity index (χ4n) is 1.64. The quantitative estimate of drug-likeness (QED) is 0.706. The van der Waals surface area contributed by atoms with Crippen LogP contribution in [0.15, 0.2) is 48.5 Å². The first-order valence-corrected chi connectivity index (χ1v) is 7.55. The molecule has 2 aromatic rings. The van der Waals surface area contributed by atoms with Gasteiger partial charge in [0, 0.05) is 11.3 Å². The van der Waals surface area contributed by atoms with Gasteiger partial charge >= 0.3 is 6.03 Å². The lowest BCUT2D eigenvalue weighted by molar-refractivity contribution is 0.0977. The Kier molecular flexibility index (Phi) is 5.92. The molecule has 0 unspecified atom stereocenters. The maximum Gasteiger partial charge on any atom is 0.325 e. The molecule has 0 atom stereocenters. The molecule has 0 bridgehead atoms. The van der Waals surface area contributed by atoms with Crippen molar-refractivity contribution >= 4 is 58.2 Å². The Labute approximate surface area is 148 Å². The zero-order chi connectivity index (χ0) is 16.8. The second-order valence-corrected chi connectivity index (χ2v) is 5.58. The number of thiocarbonyl (C=S) groups is 1. The summed E-state index contributed by atoms with van der Waals surface area (Å²) in [6.07, 6.45) is 0. The fourth-order valence-corrected chi connectivity index (χ4v) is 2.12. The molecular weight excluding hydrogens is 357 g/mol. The van der Waals surface area contributed by atoms with Crippen molar-refractivity contribution in [3.63, 3.8) is 0 Å². The summed E-state index contributed by atoms with van der Waals surface area (Å²) in [6, 6.07) is 12.5. The van der Waals surface area contributed by atoms with Gasteiger partial charge in [-0.05, 0) is 42.5 Å². The zero-order valence-electron chi connectivity index (χ0n) is 11.6. The number of hydrogen-bond donors (Lipinski definition) is 3. The van der Waals surface area contributed by atoms with Gasteiger partial charge < -0.3 is 5.32 Å². The average Bonchev–Trinajstić information content (AvgIpc) is 2.51. The van der Waals surface area contributed by atoms with Crippen LogP contribution >= 0.6 is 35.4 Å². The van der Waals surface area contributed by atoms with Gasteiger partial charge in [0.2, 0.25) is 0 Å². The molecule has 2 aromatic carbocycles. The van der Waals surface area contributed by atoms with E-state index in [0.29, 0.717) is 21.3 Å². The number of benzene rings is 2. The molecule has 0 aromatic heterocycles. The third-order valence-electron chi connectivity index (χ3n) is 2.67. The van der Waals surface area contributed by atoms with Gasteiger partial charge in [-0.25, -0.2) is 4.79 Å². The molecular formula is C15H11Cl2N3O2S. The lowest BCUT2D eigenvalue weighted by atomic mass is 10.2. The number of urea groups is 1. The van der Waals surface area contributed by atoms with E-state index in [1.165, 1.54) is 6.07 Å². The Hall–Kier alpha value is -2.15. The van der Waals surface area contributed by atoms with E-state index in [1.807, 2.05) is 0 Å². The summed E-state index contributed by atoms with van der Waals surface area (Å²) in [7, 11) is 0. The van der Waals surface area contributed by atoms with Crippen LogP contribution in [-0.4, -0.2) is 17.1 Å². The summed E-state index contributed by atoms with van der Waals surface area (Å²) >= 11 is 16.6. The first-order valence-electron chi connectivity index (χ1n) is 6.39. The zero-order valence-corrected chi connectivity index (χ0v) is 13.9. The highest BCUT2D eigenvalue weighted by molar-refractivity contribution is 7.80. The van der Waals surface area contributed by atoms with Crippen LogP contribution in [-0.2, 0) is 0 Å². The Morgan fingerprint density at radius 3 is 2.26 bits per heavy atom. The van der Waals surface area contributed by atoms with Crippen LogP contribution in [0.1, 0.15) is 10.4 Å². The van der Waals surface area contributed by atoms with Crippen molar-refractivity contribution in [2.75, 3.05) is 5.32 Å². The van der Waals surface area contributed by atoms with Crippen molar-refractivity contribution in [3.05, 3.63) is 64.1 Å². The number of halogens is 2. The third kappa shape index (κ3) is 5.21. The van der Waals surface area contributed by atoms with Crippen LogP contribution in [0.5, 0.6) is 0 Å². The van der Waals surface area contributed by atoms with E-state index in [1.54, 1.807) is 42.5 Å². The smallest absolute Gasteiger partial charge is 0.308 e. The van der Waals surface area contributed by atoms with Crippen molar-refractivity contribution in [2.45, 2.75) is 0 Å². The molecule has 23 heavy (non-hydrogen) atoms. The van der Waals surface area contributed by atoms with Gasteiger partial charge in [-0.15, -0.1) is 0 Å². The van der Waals surface area contributed by atoms with E-state index in [2.05, 4.69) is 16.0 Å². The number of amides is 3. The van der Waals surface area contributed by atoms with Gasteiger partial charge in [0.25, 0.3) is 5.91 Å². The highest BCUT2D eigenvalue weighted by Crippen LogP contribution is 2.24.